The molecule has 1 amide bonds. The van der Waals surface area contributed by atoms with Crippen molar-refractivity contribution in [2.24, 2.45) is 10.2 Å². The molecule has 0 aliphatic rings. The van der Waals surface area contributed by atoms with E-state index in [4.69, 9.17) is 9.79 Å². The molecule has 12 nitrogen and oxygen atoms in total. The molecule has 170 valence electrons. The van der Waals surface area contributed by atoms with Crippen LogP contribution in [0.1, 0.15) is 32.0 Å². The number of pyridine rings is 2. The maximum absolute atomic E-state index is 12.5. The number of aromatic nitrogens is 2. The van der Waals surface area contributed by atoms with Gasteiger partial charge in [0.25, 0.3) is 5.91 Å². The number of phosphoric ester groups is 1. The van der Waals surface area contributed by atoms with Crippen LogP contribution >= 0.6 is 7.82 Å². The van der Waals surface area contributed by atoms with Gasteiger partial charge in [0.1, 0.15) is 5.75 Å². The zero-order valence-corrected chi connectivity index (χ0v) is 18.0. The Morgan fingerprint density at radius 1 is 1.21 bits per heavy atom. The van der Waals surface area contributed by atoms with Crippen LogP contribution < -0.4 is 5.32 Å². The fourth-order valence-electron chi connectivity index (χ4n) is 2.69. The van der Waals surface area contributed by atoms with E-state index in [9.17, 15) is 19.3 Å². The minimum absolute atomic E-state index is 0.0523. The van der Waals surface area contributed by atoms with E-state index < -0.39 is 26.1 Å². The van der Waals surface area contributed by atoms with Gasteiger partial charge in [-0.05, 0) is 37.3 Å². The van der Waals surface area contributed by atoms with Crippen LogP contribution in [0.3, 0.4) is 0 Å². The van der Waals surface area contributed by atoms with Crippen LogP contribution in [0.4, 0.5) is 17.2 Å². The molecule has 33 heavy (non-hydrogen) atoms. The van der Waals surface area contributed by atoms with Gasteiger partial charge in [-0.25, -0.2) is 9.55 Å². The van der Waals surface area contributed by atoms with E-state index in [1.54, 1.807) is 30.3 Å². The second-order valence-electron chi connectivity index (χ2n) is 6.58. The average molecular weight is 471 g/mol. The molecule has 0 atom stereocenters. The standard InChI is InChI=1S/C20H18N5O7P/c1-12-18(27)16(10-26)17(11-32-33(29,30)31)19(22-12)25-24-15-4-2-3-13(9-15)20(28)23-14-5-7-21-8-6-14/h2-10,27H,11H2,1H3,(H,21,23,28)(H2,29,30,31). The third kappa shape index (κ3) is 6.34. The van der Waals surface area contributed by atoms with Crippen LogP contribution in [0.2, 0.25) is 0 Å². The molecule has 3 rings (SSSR count). The van der Waals surface area contributed by atoms with Crippen molar-refractivity contribution in [2.75, 3.05) is 5.32 Å². The maximum atomic E-state index is 12.5. The Morgan fingerprint density at radius 2 is 1.94 bits per heavy atom. The molecule has 0 spiro atoms. The first-order valence-corrected chi connectivity index (χ1v) is 10.8. The second kappa shape index (κ2) is 10.2. The van der Waals surface area contributed by atoms with E-state index in [1.807, 2.05) is 0 Å². The van der Waals surface area contributed by atoms with Crippen molar-refractivity contribution in [3.8, 4) is 5.75 Å². The van der Waals surface area contributed by atoms with Crippen LogP contribution in [0, 0.1) is 6.92 Å². The molecule has 0 bridgehead atoms. The molecule has 2 aromatic heterocycles. The molecule has 0 fully saturated rings. The normalized spacial score (nSPS) is 11.5. The number of nitrogens with zero attached hydrogens (tertiary/aromatic N) is 4. The Morgan fingerprint density at radius 3 is 2.61 bits per heavy atom. The van der Waals surface area contributed by atoms with E-state index in [0.29, 0.717) is 12.0 Å². The van der Waals surface area contributed by atoms with Gasteiger partial charge in [0.15, 0.2) is 12.1 Å². The van der Waals surface area contributed by atoms with Crippen LogP contribution in [-0.4, -0.2) is 37.1 Å². The number of carbonyl (C=O) groups excluding carboxylic acids is 2. The molecule has 0 saturated heterocycles. The molecule has 1 aromatic carbocycles. The number of rotatable bonds is 8. The number of phosphoric acid groups is 1. The molecule has 0 radical (unpaired) electrons. The number of anilines is 1. The zero-order chi connectivity index (χ0) is 24.0. The van der Waals surface area contributed by atoms with Gasteiger partial charge in [0.05, 0.1) is 23.6 Å². The van der Waals surface area contributed by atoms with Gasteiger partial charge < -0.3 is 20.2 Å². The van der Waals surface area contributed by atoms with E-state index in [0.717, 1.165) is 0 Å². The summed E-state index contributed by atoms with van der Waals surface area (Å²) in [6, 6.07) is 9.44. The van der Waals surface area contributed by atoms with Crippen LogP contribution in [0.5, 0.6) is 5.75 Å². The predicted molar refractivity (Wildman–Crippen MR) is 116 cm³/mol. The minimum Gasteiger partial charge on any atom is -0.505 e. The zero-order valence-electron chi connectivity index (χ0n) is 17.1. The maximum Gasteiger partial charge on any atom is 0.469 e. The second-order valence-corrected chi connectivity index (χ2v) is 7.82. The van der Waals surface area contributed by atoms with Crippen molar-refractivity contribution in [2.45, 2.75) is 13.5 Å². The van der Waals surface area contributed by atoms with E-state index in [1.165, 1.54) is 25.4 Å². The van der Waals surface area contributed by atoms with E-state index in [-0.39, 0.29) is 33.9 Å². The molecular formula is C20H18N5O7P. The van der Waals surface area contributed by atoms with Crippen LogP contribution in [0.15, 0.2) is 59.0 Å². The van der Waals surface area contributed by atoms with Gasteiger partial charge in [-0.2, -0.15) is 0 Å². The summed E-state index contributed by atoms with van der Waals surface area (Å²) in [5, 5.41) is 20.7. The van der Waals surface area contributed by atoms with Crippen molar-refractivity contribution in [3.63, 3.8) is 0 Å². The molecule has 4 N–H and O–H groups in total. The highest BCUT2D eigenvalue weighted by molar-refractivity contribution is 7.46. The Balaban J connectivity index is 1.90. The van der Waals surface area contributed by atoms with Crippen molar-refractivity contribution in [3.05, 3.63) is 71.2 Å². The first-order valence-electron chi connectivity index (χ1n) is 9.29. The molecule has 0 aliphatic heterocycles. The smallest absolute Gasteiger partial charge is 0.469 e. The molecule has 0 aliphatic carbocycles. The highest BCUT2D eigenvalue weighted by Gasteiger charge is 2.22. The number of azo groups is 1. The van der Waals surface area contributed by atoms with Crippen molar-refractivity contribution in [1.29, 1.82) is 0 Å². The van der Waals surface area contributed by atoms with Gasteiger partial charge in [-0.15, -0.1) is 10.2 Å². The summed E-state index contributed by atoms with van der Waals surface area (Å²) in [5.41, 5.74) is 0.719. The van der Waals surface area contributed by atoms with Gasteiger partial charge in [-0.3, -0.25) is 19.1 Å². The summed E-state index contributed by atoms with van der Waals surface area (Å²) in [6.07, 6.45) is 3.37. The third-order valence-corrected chi connectivity index (χ3v) is 4.73. The Kier molecular flexibility index (Phi) is 7.36. The molecule has 3 aromatic rings. The van der Waals surface area contributed by atoms with Gasteiger partial charge >= 0.3 is 7.82 Å². The van der Waals surface area contributed by atoms with Crippen molar-refractivity contribution >= 4 is 37.2 Å². The van der Waals surface area contributed by atoms with E-state index >= 15 is 0 Å². The molecule has 2 heterocycles. The Hall–Kier alpha value is -3.83. The monoisotopic (exact) mass is 471 g/mol. The number of benzene rings is 1. The third-order valence-electron chi connectivity index (χ3n) is 4.27. The quantitative estimate of drug-likeness (QED) is 0.217. The summed E-state index contributed by atoms with van der Waals surface area (Å²) in [7, 11) is -4.88. The number of nitrogens with one attached hydrogen (secondary N) is 1. The largest absolute Gasteiger partial charge is 0.505 e. The highest BCUT2D eigenvalue weighted by atomic mass is 31.2. The fourth-order valence-corrected chi connectivity index (χ4v) is 2.99. The highest BCUT2D eigenvalue weighted by Crippen LogP contribution is 2.40. The topological polar surface area (TPSA) is 184 Å². The molecule has 0 saturated carbocycles. The minimum atomic E-state index is -4.88. The predicted octanol–water partition coefficient (Wildman–Crippen LogP) is 3.58. The number of aromatic hydroxyl groups is 1. The van der Waals surface area contributed by atoms with E-state index in [2.05, 4.69) is 30.0 Å². The number of aldehydes is 1. The fraction of sp³-hybridized carbons (Fsp3) is 0.100. The summed E-state index contributed by atoms with van der Waals surface area (Å²) in [6.45, 7) is 0.668. The Labute approximate surface area is 187 Å². The number of aryl methyl sites for hydroxylation is 1. The first-order chi connectivity index (χ1) is 15.7. The lowest BCUT2D eigenvalue weighted by Crippen LogP contribution is -2.11. The first kappa shape index (κ1) is 23.8. The van der Waals surface area contributed by atoms with Crippen LogP contribution in [-0.2, 0) is 15.7 Å². The lowest BCUT2D eigenvalue weighted by Gasteiger charge is -2.12. The number of hydrogen-bond donors (Lipinski definition) is 4. The SMILES string of the molecule is Cc1nc(N=Nc2cccc(C(=O)Nc3ccncc3)c2)c(COP(=O)(O)O)c(C=O)c1O. The van der Waals surface area contributed by atoms with Gasteiger partial charge in [0.2, 0.25) is 0 Å². The lowest BCUT2D eigenvalue weighted by atomic mass is 10.1. The lowest BCUT2D eigenvalue weighted by molar-refractivity contribution is 0.102. The summed E-state index contributed by atoms with van der Waals surface area (Å²) >= 11 is 0. The molecule has 13 heteroatoms. The summed E-state index contributed by atoms with van der Waals surface area (Å²) in [4.78, 5) is 49.8. The number of hydrogen-bond acceptors (Lipinski definition) is 9. The van der Waals surface area contributed by atoms with Crippen molar-refractivity contribution < 1.29 is 33.6 Å². The molecular weight excluding hydrogens is 453 g/mol. The summed E-state index contributed by atoms with van der Waals surface area (Å²) < 4.78 is 15.5. The van der Waals surface area contributed by atoms with Gasteiger partial charge in [-0.1, -0.05) is 6.07 Å². The average Bonchev–Trinajstić information content (AvgIpc) is 2.78. The van der Waals surface area contributed by atoms with Crippen LogP contribution in [0.25, 0.3) is 0 Å². The number of carbonyl (C=O) groups is 2. The Bertz CT molecular complexity index is 1260. The number of amides is 1. The van der Waals surface area contributed by atoms with Crippen molar-refractivity contribution in [1.82, 2.24) is 9.97 Å². The summed E-state index contributed by atoms with van der Waals surface area (Å²) in [5.74, 6) is -1.05. The van der Waals surface area contributed by atoms with Gasteiger partial charge in [0, 0.05) is 29.2 Å². The molecule has 0 unspecified atom stereocenters.